The Morgan fingerprint density at radius 1 is 1.55 bits per heavy atom. The first-order chi connectivity index (χ1) is 9.28. The third kappa shape index (κ3) is 3.96. The van der Waals surface area contributed by atoms with Crippen LogP contribution in [0.3, 0.4) is 0 Å². The van der Waals surface area contributed by atoms with Gasteiger partial charge in [-0.2, -0.15) is 11.8 Å². The largest absolute Gasteiger partial charge is 0.460 e. The zero-order valence-corrected chi connectivity index (χ0v) is 12.9. The summed E-state index contributed by atoms with van der Waals surface area (Å²) in [4.78, 5) is 11.6. The molecule has 7 heteroatoms. The topological polar surface area (TPSA) is 77.2 Å². The maximum atomic E-state index is 11.6. The Morgan fingerprint density at radius 3 is 2.80 bits per heavy atom. The van der Waals surface area contributed by atoms with Gasteiger partial charge in [-0.05, 0) is 27.2 Å². The highest BCUT2D eigenvalue weighted by Crippen LogP contribution is 2.36. The molecule has 0 saturated carbocycles. The molecule has 0 bridgehead atoms. The molecule has 0 radical (unpaired) electrons. The third-order valence-corrected chi connectivity index (χ3v) is 4.25. The summed E-state index contributed by atoms with van der Waals surface area (Å²) in [6.07, 6.45) is 2.76. The van der Waals surface area contributed by atoms with Gasteiger partial charge in [0.15, 0.2) is 0 Å². The fourth-order valence-corrected chi connectivity index (χ4v) is 2.73. The standard InChI is InChI=1S/C13H21N3O3S/c1-12(2,3)19-11(17)5-4-6-16-7-10(14-15-16)13(18)8-20-9-13/h7,18H,4-6,8-9H2,1-3H3. The van der Waals surface area contributed by atoms with Crippen LogP contribution in [0.2, 0.25) is 0 Å². The molecular weight excluding hydrogens is 278 g/mol. The Labute approximate surface area is 122 Å². The average Bonchev–Trinajstić information content (AvgIpc) is 2.72. The van der Waals surface area contributed by atoms with Gasteiger partial charge in [-0.25, -0.2) is 0 Å². The second kappa shape index (κ2) is 5.73. The third-order valence-electron chi connectivity index (χ3n) is 2.89. The summed E-state index contributed by atoms with van der Waals surface area (Å²) in [5, 5.41) is 18.1. The van der Waals surface area contributed by atoms with Crippen molar-refractivity contribution in [2.75, 3.05) is 11.5 Å². The Bertz CT molecular complexity index is 477. The minimum absolute atomic E-state index is 0.202. The molecule has 0 aliphatic carbocycles. The van der Waals surface area contributed by atoms with Crippen LogP contribution in [0.1, 0.15) is 39.3 Å². The average molecular weight is 299 g/mol. The van der Waals surface area contributed by atoms with E-state index in [-0.39, 0.29) is 5.97 Å². The molecule has 0 amide bonds. The van der Waals surface area contributed by atoms with E-state index < -0.39 is 11.2 Å². The van der Waals surface area contributed by atoms with Gasteiger partial charge in [0.1, 0.15) is 16.9 Å². The zero-order valence-electron chi connectivity index (χ0n) is 12.1. The van der Waals surface area contributed by atoms with Gasteiger partial charge in [0.2, 0.25) is 0 Å². The van der Waals surface area contributed by atoms with Crippen LogP contribution in [0.25, 0.3) is 0 Å². The van der Waals surface area contributed by atoms with Crippen molar-refractivity contribution >= 4 is 17.7 Å². The van der Waals surface area contributed by atoms with E-state index in [0.29, 0.717) is 36.6 Å². The molecule has 1 aliphatic rings. The van der Waals surface area contributed by atoms with E-state index in [4.69, 9.17) is 4.74 Å². The molecule has 1 fully saturated rings. The van der Waals surface area contributed by atoms with Crippen molar-refractivity contribution in [2.24, 2.45) is 0 Å². The maximum Gasteiger partial charge on any atom is 0.306 e. The lowest BCUT2D eigenvalue weighted by atomic mass is 10.1. The minimum atomic E-state index is -0.811. The number of rotatable bonds is 5. The molecule has 1 saturated heterocycles. The number of esters is 1. The Balaban J connectivity index is 1.76. The Hall–Kier alpha value is -1.08. The van der Waals surface area contributed by atoms with Gasteiger partial charge in [0.25, 0.3) is 0 Å². The van der Waals surface area contributed by atoms with Gasteiger partial charge in [-0.15, -0.1) is 5.10 Å². The van der Waals surface area contributed by atoms with Gasteiger partial charge >= 0.3 is 5.97 Å². The van der Waals surface area contributed by atoms with E-state index in [2.05, 4.69) is 10.3 Å². The van der Waals surface area contributed by atoms with Crippen molar-refractivity contribution in [2.45, 2.75) is 51.4 Å². The second-order valence-electron chi connectivity index (χ2n) is 6.08. The smallest absolute Gasteiger partial charge is 0.306 e. The van der Waals surface area contributed by atoms with Crippen LogP contribution in [0.15, 0.2) is 6.20 Å². The molecule has 1 N–H and O–H groups in total. The van der Waals surface area contributed by atoms with Crippen LogP contribution in [-0.4, -0.2) is 43.2 Å². The Morgan fingerprint density at radius 2 is 2.25 bits per heavy atom. The molecule has 2 rings (SSSR count). The highest BCUT2D eigenvalue weighted by molar-refractivity contribution is 8.00. The summed E-state index contributed by atoms with van der Waals surface area (Å²) in [5.41, 5.74) is -0.634. The number of aliphatic hydroxyl groups is 1. The minimum Gasteiger partial charge on any atom is -0.460 e. The van der Waals surface area contributed by atoms with Gasteiger partial charge in [0.05, 0.1) is 6.20 Å². The van der Waals surface area contributed by atoms with E-state index in [1.54, 1.807) is 22.6 Å². The summed E-state index contributed by atoms with van der Waals surface area (Å²) < 4.78 is 6.90. The molecule has 0 aromatic carbocycles. The van der Waals surface area contributed by atoms with Crippen molar-refractivity contribution in [1.82, 2.24) is 15.0 Å². The fraction of sp³-hybridized carbons (Fsp3) is 0.769. The van der Waals surface area contributed by atoms with Crippen molar-refractivity contribution in [3.05, 3.63) is 11.9 Å². The SMILES string of the molecule is CC(C)(C)OC(=O)CCCn1cc(C2(O)CSC2)nn1. The van der Waals surface area contributed by atoms with E-state index >= 15 is 0 Å². The molecule has 20 heavy (non-hydrogen) atoms. The number of hydrogen-bond acceptors (Lipinski definition) is 6. The highest BCUT2D eigenvalue weighted by atomic mass is 32.2. The number of carbonyl (C=O) groups excluding carboxylic acids is 1. The van der Waals surface area contributed by atoms with E-state index in [9.17, 15) is 9.90 Å². The van der Waals surface area contributed by atoms with Crippen molar-refractivity contribution in [3.8, 4) is 0 Å². The van der Waals surface area contributed by atoms with E-state index in [1.165, 1.54) is 0 Å². The molecule has 0 unspecified atom stereocenters. The number of nitrogens with zero attached hydrogens (tertiary/aromatic N) is 3. The second-order valence-corrected chi connectivity index (χ2v) is 7.07. The lowest BCUT2D eigenvalue weighted by Crippen LogP contribution is -2.40. The normalized spacial score (nSPS) is 17.6. The lowest BCUT2D eigenvalue weighted by Gasteiger charge is -2.33. The molecule has 6 nitrogen and oxygen atoms in total. The van der Waals surface area contributed by atoms with Crippen molar-refractivity contribution in [3.63, 3.8) is 0 Å². The summed E-state index contributed by atoms with van der Waals surface area (Å²) in [7, 11) is 0. The van der Waals surface area contributed by atoms with E-state index in [1.807, 2.05) is 20.8 Å². The van der Waals surface area contributed by atoms with Crippen LogP contribution in [0, 0.1) is 0 Å². The first kappa shape index (κ1) is 15.3. The molecule has 0 spiro atoms. The first-order valence-electron chi connectivity index (χ1n) is 6.71. The summed E-state index contributed by atoms with van der Waals surface area (Å²) >= 11 is 1.69. The van der Waals surface area contributed by atoms with Gasteiger partial charge in [-0.3, -0.25) is 9.48 Å². The molecular formula is C13H21N3O3S. The molecule has 0 atom stereocenters. The summed E-state index contributed by atoms with van der Waals surface area (Å²) in [6.45, 7) is 6.15. The zero-order chi connectivity index (χ0) is 14.8. The van der Waals surface area contributed by atoms with Crippen LogP contribution in [0.5, 0.6) is 0 Å². The first-order valence-corrected chi connectivity index (χ1v) is 7.87. The number of carbonyl (C=O) groups is 1. The number of aryl methyl sites for hydroxylation is 1. The number of thioether (sulfide) groups is 1. The maximum absolute atomic E-state index is 11.6. The molecule has 1 aliphatic heterocycles. The summed E-state index contributed by atoms with van der Waals surface area (Å²) in [6, 6.07) is 0. The van der Waals surface area contributed by atoms with Crippen LogP contribution in [0.4, 0.5) is 0 Å². The molecule has 112 valence electrons. The number of aromatic nitrogens is 3. The van der Waals surface area contributed by atoms with Gasteiger partial charge < -0.3 is 9.84 Å². The van der Waals surface area contributed by atoms with Crippen LogP contribution >= 0.6 is 11.8 Å². The number of hydrogen-bond donors (Lipinski definition) is 1. The fourth-order valence-electron chi connectivity index (χ4n) is 1.84. The quantitative estimate of drug-likeness (QED) is 0.827. The van der Waals surface area contributed by atoms with E-state index in [0.717, 1.165) is 0 Å². The monoisotopic (exact) mass is 299 g/mol. The predicted molar refractivity (Wildman–Crippen MR) is 76.3 cm³/mol. The number of ether oxygens (including phenoxy) is 1. The molecule has 2 heterocycles. The van der Waals surface area contributed by atoms with Gasteiger partial charge in [0, 0.05) is 24.5 Å². The summed E-state index contributed by atoms with van der Waals surface area (Å²) in [5.74, 6) is 1.14. The lowest BCUT2D eigenvalue weighted by molar-refractivity contribution is -0.154. The van der Waals surface area contributed by atoms with Crippen molar-refractivity contribution < 1.29 is 14.6 Å². The van der Waals surface area contributed by atoms with Crippen molar-refractivity contribution in [1.29, 1.82) is 0 Å². The predicted octanol–water partition coefficient (Wildman–Crippen LogP) is 1.33. The molecule has 1 aromatic heterocycles. The van der Waals surface area contributed by atoms with Gasteiger partial charge in [-0.1, -0.05) is 5.21 Å². The van der Waals surface area contributed by atoms with Crippen LogP contribution in [-0.2, 0) is 21.7 Å². The van der Waals surface area contributed by atoms with Crippen LogP contribution < -0.4 is 0 Å². The Kier molecular flexibility index (Phi) is 4.39. The highest BCUT2D eigenvalue weighted by Gasteiger charge is 2.39. The molecule has 1 aromatic rings.